The Balaban J connectivity index is 2.13. The number of rotatable bonds is 2. The van der Waals surface area contributed by atoms with E-state index in [1.165, 1.54) is 0 Å². The minimum atomic E-state index is -0.620. The van der Waals surface area contributed by atoms with Crippen molar-refractivity contribution in [1.82, 2.24) is 9.78 Å². The lowest BCUT2D eigenvalue weighted by atomic mass is 10.1. The Bertz CT molecular complexity index is 588. The number of aliphatic hydroxyl groups excluding tert-OH is 1. The summed E-state index contributed by atoms with van der Waals surface area (Å²) in [5.41, 5.74) is 1.62. The number of hydrogen-bond acceptors (Lipinski definition) is 3. The molecule has 1 aliphatic rings. The quantitative estimate of drug-likeness (QED) is 0.917. The van der Waals surface area contributed by atoms with Crippen LogP contribution in [0.2, 0.25) is 5.02 Å². The first-order valence-corrected chi connectivity index (χ1v) is 7.02. The summed E-state index contributed by atoms with van der Waals surface area (Å²) in [4.78, 5) is 0. The van der Waals surface area contributed by atoms with Gasteiger partial charge in [0.2, 0.25) is 0 Å². The van der Waals surface area contributed by atoms with E-state index < -0.39 is 6.10 Å². The highest BCUT2D eigenvalue weighted by Gasteiger charge is 2.22. The summed E-state index contributed by atoms with van der Waals surface area (Å²) in [6.45, 7) is 2.48. The zero-order chi connectivity index (χ0) is 13.4. The van der Waals surface area contributed by atoms with Gasteiger partial charge < -0.3 is 9.84 Å². The van der Waals surface area contributed by atoms with Crippen molar-refractivity contribution in [3.63, 3.8) is 0 Å². The molecule has 2 atom stereocenters. The van der Waals surface area contributed by atoms with Crippen LogP contribution in [0.5, 0.6) is 0 Å². The average Bonchev–Trinajstić information content (AvgIpc) is 2.78. The van der Waals surface area contributed by atoms with Crippen molar-refractivity contribution in [1.29, 1.82) is 0 Å². The minimum Gasteiger partial charge on any atom is -0.387 e. The van der Waals surface area contributed by atoms with Gasteiger partial charge in [0.05, 0.1) is 17.3 Å². The highest BCUT2D eigenvalue weighted by atomic mass is 35.5. The average molecular weight is 281 g/mol. The molecule has 2 heterocycles. The molecule has 0 amide bonds. The Hall–Kier alpha value is -1.10. The molecule has 1 aromatic carbocycles. The number of benzene rings is 1. The Labute approximate surface area is 116 Å². The van der Waals surface area contributed by atoms with Crippen molar-refractivity contribution in [3.8, 4) is 0 Å². The van der Waals surface area contributed by atoms with Crippen LogP contribution < -0.4 is 0 Å². The second kappa shape index (κ2) is 5.12. The molecule has 2 unspecified atom stereocenters. The normalized spacial score (nSPS) is 21.7. The van der Waals surface area contributed by atoms with Crippen LogP contribution in [-0.2, 0) is 4.74 Å². The van der Waals surface area contributed by atoms with E-state index in [1.807, 2.05) is 22.9 Å². The number of halogens is 1. The topological polar surface area (TPSA) is 47.3 Å². The molecule has 0 aliphatic carbocycles. The fraction of sp³-hybridized carbons (Fsp3) is 0.500. The van der Waals surface area contributed by atoms with Crippen molar-refractivity contribution >= 4 is 22.5 Å². The number of aliphatic hydroxyl groups is 1. The summed E-state index contributed by atoms with van der Waals surface area (Å²) >= 11 is 6.04. The van der Waals surface area contributed by atoms with Crippen LogP contribution in [0.15, 0.2) is 18.2 Å². The predicted octanol–water partition coefficient (Wildman–Crippen LogP) is 3.44. The number of fused-ring (bicyclic) bond motifs is 1. The van der Waals surface area contributed by atoms with Crippen LogP contribution in [-0.4, -0.2) is 21.5 Å². The van der Waals surface area contributed by atoms with Gasteiger partial charge >= 0.3 is 0 Å². The van der Waals surface area contributed by atoms with Crippen molar-refractivity contribution < 1.29 is 9.84 Å². The summed E-state index contributed by atoms with van der Waals surface area (Å²) in [7, 11) is 0. The SMILES string of the molecule is CC(O)c1nn(C2CCCCO2)c2ccc(Cl)cc12. The van der Waals surface area contributed by atoms with Gasteiger partial charge in [-0.3, -0.25) is 0 Å². The summed E-state index contributed by atoms with van der Waals surface area (Å²) in [5.74, 6) is 0. The molecular formula is C14H17ClN2O2. The molecule has 0 saturated carbocycles. The predicted molar refractivity (Wildman–Crippen MR) is 74.2 cm³/mol. The standard InChI is InChI=1S/C14H17ClN2O2/c1-9(18)14-11-8-10(15)5-6-12(11)17(16-14)13-4-2-3-7-19-13/h5-6,8-9,13,18H,2-4,7H2,1H3. The third-order valence-electron chi connectivity index (χ3n) is 3.52. The van der Waals surface area contributed by atoms with Crippen LogP contribution in [0.1, 0.15) is 44.2 Å². The lowest BCUT2D eigenvalue weighted by Gasteiger charge is -2.23. The van der Waals surface area contributed by atoms with Crippen LogP contribution in [0.4, 0.5) is 0 Å². The molecular weight excluding hydrogens is 264 g/mol. The summed E-state index contributed by atoms with van der Waals surface area (Å²) in [6.07, 6.45) is 2.54. The van der Waals surface area contributed by atoms with Crippen LogP contribution in [0, 0.1) is 0 Å². The zero-order valence-corrected chi connectivity index (χ0v) is 11.6. The Morgan fingerprint density at radius 2 is 2.32 bits per heavy atom. The zero-order valence-electron chi connectivity index (χ0n) is 10.8. The Morgan fingerprint density at radius 3 is 3.00 bits per heavy atom. The second-order valence-corrected chi connectivity index (χ2v) is 5.42. The van der Waals surface area contributed by atoms with Crippen molar-refractivity contribution in [2.75, 3.05) is 6.61 Å². The fourth-order valence-corrected chi connectivity index (χ4v) is 2.75. The molecule has 0 spiro atoms. The van der Waals surface area contributed by atoms with Gasteiger partial charge in [-0.15, -0.1) is 0 Å². The molecule has 1 aromatic heterocycles. The summed E-state index contributed by atoms with van der Waals surface area (Å²) in [5, 5.41) is 16.0. The van der Waals surface area contributed by atoms with Gasteiger partial charge in [-0.05, 0) is 44.4 Å². The third kappa shape index (κ3) is 2.36. The molecule has 5 heteroatoms. The molecule has 1 aliphatic heterocycles. The van der Waals surface area contributed by atoms with E-state index in [-0.39, 0.29) is 6.23 Å². The maximum Gasteiger partial charge on any atom is 0.150 e. The minimum absolute atomic E-state index is 0.0371. The van der Waals surface area contributed by atoms with Gasteiger partial charge in [0, 0.05) is 17.0 Å². The molecule has 1 N–H and O–H groups in total. The van der Waals surface area contributed by atoms with Gasteiger partial charge in [-0.2, -0.15) is 5.10 Å². The van der Waals surface area contributed by atoms with Gasteiger partial charge in [-0.25, -0.2) is 4.68 Å². The van der Waals surface area contributed by atoms with E-state index in [9.17, 15) is 5.11 Å². The van der Waals surface area contributed by atoms with E-state index in [0.717, 1.165) is 36.8 Å². The van der Waals surface area contributed by atoms with E-state index in [2.05, 4.69) is 5.10 Å². The van der Waals surface area contributed by atoms with Crippen molar-refractivity contribution in [2.45, 2.75) is 38.5 Å². The monoisotopic (exact) mass is 280 g/mol. The van der Waals surface area contributed by atoms with Crippen molar-refractivity contribution in [3.05, 3.63) is 28.9 Å². The molecule has 3 rings (SSSR count). The molecule has 102 valence electrons. The highest BCUT2D eigenvalue weighted by Crippen LogP contribution is 2.31. The molecule has 0 bridgehead atoms. The molecule has 0 radical (unpaired) electrons. The van der Waals surface area contributed by atoms with Gasteiger partial charge in [0.15, 0.2) is 6.23 Å². The summed E-state index contributed by atoms with van der Waals surface area (Å²) in [6, 6.07) is 5.64. The molecule has 19 heavy (non-hydrogen) atoms. The maximum absolute atomic E-state index is 9.86. The lowest BCUT2D eigenvalue weighted by Crippen LogP contribution is -2.19. The molecule has 4 nitrogen and oxygen atoms in total. The number of ether oxygens (including phenoxy) is 1. The molecule has 1 fully saturated rings. The van der Waals surface area contributed by atoms with E-state index in [1.54, 1.807) is 6.92 Å². The van der Waals surface area contributed by atoms with Crippen LogP contribution in [0.25, 0.3) is 10.9 Å². The Kier molecular flexibility index (Phi) is 3.48. The first kappa shape index (κ1) is 12.9. The maximum atomic E-state index is 9.86. The Morgan fingerprint density at radius 1 is 1.47 bits per heavy atom. The molecule has 1 saturated heterocycles. The van der Waals surface area contributed by atoms with Gasteiger partial charge in [0.1, 0.15) is 0 Å². The summed E-state index contributed by atoms with van der Waals surface area (Å²) < 4.78 is 7.66. The van der Waals surface area contributed by atoms with Crippen LogP contribution in [0.3, 0.4) is 0 Å². The first-order chi connectivity index (χ1) is 9.16. The van der Waals surface area contributed by atoms with Crippen LogP contribution >= 0.6 is 11.6 Å². The van der Waals surface area contributed by atoms with E-state index in [0.29, 0.717) is 10.7 Å². The number of nitrogens with zero attached hydrogens (tertiary/aromatic N) is 2. The van der Waals surface area contributed by atoms with E-state index in [4.69, 9.17) is 16.3 Å². The largest absolute Gasteiger partial charge is 0.387 e. The second-order valence-electron chi connectivity index (χ2n) is 4.99. The van der Waals surface area contributed by atoms with Gasteiger partial charge in [0.25, 0.3) is 0 Å². The van der Waals surface area contributed by atoms with Crippen molar-refractivity contribution in [2.24, 2.45) is 0 Å². The molecule has 2 aromatic rings. The van der Waals surface area contributed by atoms with E-state index >= 15 is 0 Å². The third-order valence-corrected chi connectivity index (χ3v) is 3.76. The first-order valence-electron chi connectivity index (χ1n) is 6.64. The highest BCUT2D eigenvalue weighted by molar-refractivity contribution is 6.31. The van der Waals surface area contributed by atoms with Gasteiger partial charge in [-0.1, -0.05) is 11.6 Å². The number of hydrogen-bond donors (Lipinski definition) is 1. The fourth-order valence-electron chi connectivity index (χ4n) is 2.58. The number of aromatic nitrogens is 2. The lowest BCUT2D eigenvalue weighted by molar-refractivity contribution is -0.0372. The smallest absolute Gasteiger partial charge is 0.150 e.